The zero-order valence-corrected chi connectivity index (χ0v) is 12.2. The van der Waals surface area contributed by atoms with Crippen molar-refractivity contribution >= 4 is 29.4 Å². The molecule has 0 aliphatic carbocycles. The van der Waals surface area contributed by atoms with Crippen molar-refractivity contribution in [1.82, 2.24) is 5.32 Å². The third-order valence-electron chi connectivity index (χ3n) is 2.95. The smallest absolute Gasteiger partial charge is 0.332 e. The molecule has 0 fully saturated rings. The highest BCUT2D eigenvalue weighted by molar-refractivity contribution is 6.13. The quantitative estimate of drug-likeness (QED) is 0.855. The SMILES string of the molecule is CC(=O)N(C(=O)N/C=C/c1ccccc1)c1ccc(N)cc1. The second-order valence-corrected chi connectivity index (χ2v) is 4.64. The zero-order chi connectivity index (χ0) is 15.9. The number of urea groups is 1. The van der Waals surface area contributed by atoms with Gasteiger partial charge < -0.3 is 11.1 Å². The van der Waals surface area contributed by atoms with Crippen LogP contribution >= 0.6 is 0 Å². The molecule has 0 heterocycles. The Balaban J connectivity index is 2.09. The molecule has 2 rings (SSSR count). The predicted molar refractivity (Wildman–Crippen MR) is 88.0 cm³/mol. The Labute approximate surface area is 129 Å². The van der Waals surface area contributed by atoms with Crippen LogP contribution in [0.2, 0.25) is 0 Å². The first-order valence-electron chi connectivity index (χ1n) is 6.76. The molecule has 0 bridgehead atoms. The molecule has 112 valence electrons. The molecule has 2 aromatic rings. The number of anilines is 2. The lowest BCUT2D eigenvalue weighted by molar-refractivity contribution is -0.115. The molecule has 2 aromatic carbocycles. The van der Waals surface area contributed by atoms with Gasteiger partial charge in [0.2, 0.25) is 5.91 Å². The molecule has 5 nitrogen and oxygen atoms in total. The summed E-state index contributed by atoms with van der Waals surface area (Å²) in [5.74, 6) is -0.379. The van der Waals surface area contributed by atoms with E-state index in [9.17, 15) is 9.59 Å². The van der Waals surface area contributed by atoms with Crippen LogP contribution < -0.4 is 16.0 Å². The summed E-state index contributed by atoms with van der Waals surface area (Å²) < 4.78 is 0. The lowest BCUT2D eigenvalue weighted by Crippen LogP contribution is -2.40. The van der Waals surface area contributed by atoms with Crippen molar-refractivity contribution in [2.75, 3.05) is 10.6 Å². The van der Waals surface area contributed by atoms with Gasteiger partial charge >= 0.3 is 6.03 Å². The average molecular weight is 295 g/mol. The Morgan fingerprint density at radius 1 is 1.05 bits per heavy atom. The second-order valence-electron chi connectivity index (χ2n) is 4.64. The number of carbonyl (C=O) groups excluding carboxylic acids is 2. The highest BCUT2D eigenvalue weighted by atomic mass is 16.2. The van der Waals surface area contributed by atoms with E-state index >= 15 is 0 Å². The minimum Gasteiger partial charge on any atom is -0.399 e. The molecule has 0 spiro atoms. The van der Waals surface area contributed by atoms with E-state index in [1.54, 1.807) is 30.3 Å². The summed E-state index contributed by atoms with van der Waals surface area (Å²) in [5.41, 5.74) is 7.59. The number of nitrogens with one attached hydrogen (secondary N) is 1. The molecular formula is C17H17N3O2. The van der Waals surface area contributed by atoms with Crippen LogP contribution in [-0.4, -0.2) is 11.9 Å². The summed E-state index contributed by atoms with van der Waals surface area (Å²) in [5, 5.41) is 2.58. The monoisotopic (exact) mass is 295 g/mol. The largest absolute Gasteiger partial charge is 0.399 e. The molecule has 5 heteroatoms. The van der Waals surface area contributed by atoms with E-state index in [1.165, 1.54) is 13.1 Å². The summed E-state index contributed by atoms with van der Waals surface area (Å²) in [4.78, 5) is 24.9. The number of benzene rings is 2. The van der Waals surface area contributed by atoms with Crippen molar-refractivity contribution in [3.8, 4) is 0 Å². The Hall–Kier alpha value is -3.08. The molecule has 3 N–H and O–H groups in total. The summed E-state index contributed by atoms with van der Waals surface area (Å²) in [6.07, 6.45) is 3.25. The van der Waals surface area contributed by atoms with Crippen LogP contribution in [0, 0.1) is 0 Å². The van der Waals surface area contributed by atoms with E-state index in [4.69, 9.17) is 5.73 Å². The van der Waals surface area contributed by atoms with Crippen LogP contribution in [0.25, 0.3) is 6.08 Å². The molecule has 0 radical (unpaired) electrons. The lowest BCUT2D eigenvalue weighted by Gasteiger charge is -2.18. The van der Waals surface area contributed by atoms with E-state index in [1.807, 2.05) is 30.3 Å². The standard InChI is InChI=1S/C17H17N3O2/c1-13(21)20(16-9-7-15(18)8-10-16)17(22)19-12-11-14-5-3-2-4-6-14/h2-12H,18H2,1H3,(H,19,22)/b12-11+. The molecule has 0 unspecified atom stereocenters. The van der Waals surface area contributed by atoms with Gasteiger partial charge in [0.15, 0.2) is 0 Å². The number of carbonyl (C=O) groups is 2. The zero-order valence-electron chi connectivity index (χ0n) is 12.2. The fourth-order valence-electron chi connectivity index (χ4n) is 1.90. The van der Waals surface area contributed by atoms with Gasteiger partial charge in [-0.05, 0) is 35.9 Å². The van der Waals surface area contributed by atoms with Gasteiger partial charge in [-0.1, -0.05) is 30.3 Å². The second kappa shape index (κ2) is 7.08. The number of hydrogen-bond donors (Lipinski definition) is 2. The van der Waals surface area contributed by atoms with Crippen LogP contribution in [0.5, 0.6) is 0 Å². The van der Waals surface area contributed by atoms with Crippen LogP contribution in [0.4, 0.5) is 16.2 Å². The molecular weight excluding hydrogens is 278 g/mol. The third kappa shape index (κ3) is 3.96. The van der Waals surface area contributed by atoms with Crippen molar-refractivity contribution in [2.45, 2.75) is 6.92 Å². The minimum atomic E-state index is -0.524. The fraction of sp³-hybridized carbons (Fsp3) is 0.0588. The normalized spacial score (nSPS) is 10.4. The van der Waals surface area contributed by atoms with Crippen LogP contribution in [0.3, 0.4) is 0 Å². The van der Waals surface area contributed by atoms with E-state index in [0.29, 0.717) is 11.4 Å². The number of hydrogen-bond acceptors (Lipinski definition) is 3. The van der Waals surface area contributed by atoms with E-state index in [2.05, 4.69) is 5.32 Å². The number of imide groups is 1. The molecule has 0 saturated heterocycles. The average Bonchev–Trinajstić information content (AvgIpc) is 2.50. The van der Waals surface area contributed by atoms with Crippen molar-refractivity contribution in [1.29, 1.82) is 0 Å². The van der Waals surface area contributed by atoms with Gasteiger partial charge in [0.05, 0.1) is 5.69 Å². The van der Waals surface area contributed by atoms with Gasteiger partial charge in [0.1, 0.15) is 0 Å². The summed E-state index contributed by atoms with van der Waals surface area (Å²) in [7, 11) is 0. The molecule has 3 amide bonds. The number of rotatable bonds is 3. The molecule has 22 heavy (non-hydrogen) atoms. The Bertz CT molecular complexity index is 679. The van der Waals surface area contributed by atoms with Crippen molar-refractivity contribution in [2.24, 2.45) is 0 Å². The highest BCUT2D eigenvalue weighted by Gasteiger charge is 2.18. The summed E-state index contributed by atoms with van der Waals surface area (Å²) in [6.45, 7) is 1.33. The van der Waals surface area contributed by atoms with E-state index in [0.717, 1.165) is 10.5 Å². The van der Waals surface area contributed by atoms with Gasteiger partial charge in [-0.3, -0.25) is 4.79 Å². The molecule has 0 aliphatic heterocycles. The Morgan fingerprint density at radius 3 is 2.27 bits per heavy atom. The lowest BCUT2D eigenvalue weighted by atomic mass is 10.2. The van der Waals surface area contributed by atoms with Gasteiger partial charge in [-0.15, -0.1) is 0 Å². The van der Waals surface area contributed by atoms with Gasteiger partial charge in [-0.25, -0.2) is 9.69 Å². The maximum atomic E-state index is 12.2. The summed E-state index contributed by atoms with van der Waals surface area (Å²) >= 11 is 0. The highest BCUT2D eigenvalue weighted by Crippen LogP contribution is 2.16. The maximum absolute atomic E-state index is 12.2. The van der Waals surface area contributed by atoms with Crippen LogP contribution in [-0.2, 0) is 4.79 Å². The van der Waals surface area contributed by atoms with E-state index < -0.39 is 6.03 Å². The first-order chi connectivity index (χ1) is 10.6. The van der Waals surface area contributed by atoms with Crippen molar-refractivity contribution in [3.05, 3.63) is 66.4 Å². The number of amides is 3. The van der Waals surface area contributed by atoms with Crippen LogP contribution in [0.15, 0.2) is 60.8 Å². The number of nitrogens with two attached hydrogens (primary N) is 1. The van der Waals surface area contributed by atoms with Gasteiger partial charge in [-0.2, -0.15) is 0 Å². The first kappa shape index (κ1) is 15.3. The summed E-state index contributed by atoms with van der Waals surface area (Å²) in [6, 6.07) is 15.5. The molecule has 0 atom stereocenters. The first-order valence-corrected chi connectivity index (χ1v) is 6.76. The fourth-order valence-corrected chi connectivity index (χ4v) is 1.90. The Kier molecular flexibility index (Phi) is 4.93. The van der Waals surface area contributed by atoms with Crippen molar-refractivity contribution in [3.63, 3.8) is 0 Å². The molecule has 0 aliphatic rings. The molecule has 0 saturated carbocycles. The number of nitrogen functional groups attached to an aromatic ring is 1. The minimum absolute atomic E-state index is 0.379. The topological polar surface area (TPSA) is 75.4 Å². The maximum Gasteiger partial charge on any atom is 0.332 e. The Morgan fingerprint density at radius 2 is 1.68 bits per heavy atom. The van der Waals surface area contributed by atoms with E-state index in [-0.39, 0.29) is 5.91 Å². The molecule has 0 aromatic heterocycles. The van der Waals surface area contributed by atoms with Crippen molar-refractivity contribution < 1.29 is 9.59 Å². The predicted octanol–water partition coefficient (Wildman–Crippen LogP) is 3.00. The van der Waals surface area contributed by atoms with Crippen LogP contribution in [0.1, 0.15) is 12.5 Å². The van der Waals surface area contributed by atoms with Gasteiger partial charge in [0.25, 0.3) is 0 Å². The van der Waals surface area contributed by atoms with Gasteiger partial charge in [0, 0.05) is 18.8 Å². The third-order valence-corrected chi connectivity index (χ3v) is 2.95. The number of nitrogens with zero attached hydrogens (tertiary/aromatic N) is 1.